The average molecular weight is 361 g/mol. The van der Waals surface area contributed by atoms with Crippen molar-refractivity contribution in [3.63, 3.8) is 0 Å². The van der Waals surface area contributed by atoms with Crippen LogP contribution >= 0.6 is 23.2 Å². The zero-order valence-electron chi connectivity index (χ0n) is 12.1. The number of hydrogen-bond acceptors (Lipinski definition) is 4. The summed E-state index contributed by atoms with van der Waals surface area (Å²) in [6.07, 6.45) is -0.970. The lowest BCUT2D eigenvalue weighted by Crippen LogP contribution is -2.33. The number of rotatable bonds is 2. The Labute approximate surface area is 147 Å². The summed E-state index contributed by atoms with van der Waals surface area (Å²) in [5, 5.41) is 4.82. The lowest BCUT2D eigenvalue weighted by molar-refractivity contribution is -0.126. The number of hydrogen-bond donors (Lipinski definition) is 0. The van der Waals surface area contributed by atoms with Crippen molar-refractivity contribution in [3.8, 4) is 0 Å². The number of carbonyl (C=O) groups excluding carboxylic acids is 2. The fourth-order valence-corrected chi connectivity index (χ4v) is 3.36. The number of imide groups is 1. The minimum absolute atomic E-state index is 0.369. The molecule has 7 heteroatoms. The summed E-state index contributed by atoms with van der Waals surface area (Å²) in [5.74, 6) is -1.67. The quantitative estimate of drug-likeness (QED) is 0.772. The normalized spacial score (nSPS) is 22.4. The van der Waals surface area contributed by atoms with E-state index in [1.165, 1.54) is 0 Å². The number of amides is 2. The van der Waals surface area contributed by atoms with Gasteiger partial charge in [-0.1, -0.05) is 52.6 Å². The van der Waals surface area contributed by atoms with Crippen LogP contribution < -0.4 is 4.90 Å². The van der Waals surface area contributed by atoms with Gasteiger partial charge in [0.1, 0.15) is 11.6 Å². The highest BCUT2D eigenvalue weighted by Crippen LogP contribution is 2.36. The second-order valence-electron chi connectivity index (χ2n) is 5.45. The van der Waals surface area contributed by atoms with Gasteiger partial charge in [0.15, 0.2) is 0 Å². The Morgan fingerprint density at radius 2 is 1.79 bits per heavy atom. The summed E-state index contributed by atoms with van der Waals surface area (Å²) < 4.78 is 0. The molecule has 4 rings (SSSR count). The molecule has 2 amide bonds. The third-order valence-corrected chi connectivity index (χ3v) is 4.59. The molecule has 0 spiro atoms. The standard InChI is InChI=1S/C17H10Cl2N2O3/c18-9-4-3-5-10(8-9)21-16(22)13-14(20-24-15(13)17(21)23)11-6-1-2-7-12(11)19/h1-8,13,15H. The van der Waals surface area contributed by atoms with Crippen molar-refractivity contribution in [2.75, 3.05) is 4.90 Å². The van der Waals surface area contributed by atoms with E-state index in [1.807, 2.05) is 0 Å². The zero-order chi connectivity index (χ0) is 16.8. The SMILES string of the molecule is O=C1C2ON=C(c3ccccc3Cl)C2C(=O)N1c1cccc(Cl)c1. The first-order valence-corrected chi connectivity index (χ1v) is 7.95. The first kappa shape index (κ1) is 15.2. The number of nitrogens with zero attached hydrogens (tertiary/aromatic N) is 2. The molecular weight excluding hydrogens is 351 g/mol. The van der Waals surface area contributed by atoms with Crippen molar-refractivity contribution >= 4 is 46.4 Å². The third kappa shape index (κ3) is 2.20. The Kier molecular flexibility index (Phi) is 3.55. The Morgan fingerprint density at radius 3 is 2.54 bits per heavy atom. The van der Waals surface area contributed by atoms with E-state index in [0.717, 1.165) is 4.90 Å². The van der Waals surface area contributed by atoms with E-state index in [-0.39, 0.29) is 0 Å². The monoisotopic (exact) mass is 360 g/mol. The molecule has 2 aromatic carbocycles. The number of halogens is 2. The van der Waals surface area contributed by atoms with Gasteiger partial charge in [0.05, 0.1) is 5.69 Å². The lowest BCUT2D eigenvalue weighted by atomic mass is 9.94. The van der Waals surface area contributed by atoms with E-state index in [1.54, 1.807) is 48.5 Å². The summed E-state index contributed by atoms with van der Waals surface area (Å²) in [6, 6.07) is 13.6. The number of benzene rings is 2. The van der Waals surface area contributed by atoms with Crippen molar-refractivity contribution in [1.29, 1.82) is 0 Å². The van der Waals surface area contributed by atoms with Crippen LogP contribution in [0.2, 0.25) is 10.0 Å². The molecule has 5 nitrogen and oxygen atoms in total. The molecule has 2 aliphatic heterocycles. The van der Waals surface area contributed by atoms with Gasteiger partial charge in [0.25, 0.3) is 5.91 Å². The molecule has 0 saturated carbocycles. The largest absolute Gasteiger partial charge is 0.381 e. The van der Waals surface area contributed by atoms with Gasteiger partial charge in [0, 0.05) is 15.6 Å². The maximum atomic E-state index is 12.9. The van der Waals surface area contributed by atoms with Gasteiger partial charge in [-0.15, -0.1) is 0 Å². The van der Waals surface area contributed by atoms with Crippen molar-refractivity contribution in [2.45, 2.75) is 6.10 Å². The van der Waals surface area contributed by atoms with Gasteiger partial charge in [0.2, 0.25) is 12.0 Å². The number of anilines is 1. The highest BCUT2D eigenvalue weighted by molar-refractivity contribution is 6.38. The zero-order valence-corrected chi connectivity index (χ0v) is 13.7. The van der Waals surface area contributed by atoms with E-state index in [2.05, 4.69) is 5.16 Å². The summed E-state index contributed by atoms with van der Waals surface area (Å²) in [4.78, 5) is 31.8. The molecule has 0 N–H and O–H groups in total. The van der Waals surface area contributed by atoms with E-state index in [9.17, 15) is 9.59 Å². The topological polar surface area (TPSA) is 59.0 Å². The fraction of sp³-hybridized carbons (Fsp3) is 0.118. The Balaban J connectivity index is 1.74. The molecule has 120 valence electrons. The van der Waals surface area contributed by atoms with Crippen LogP contribution in [0, 0.1) is 5.92 Å². The predicted molar refractivity (Wildman–Crippen MR) is 90.3 cm³/mol. The molecule has 0 bridgehead atoms. The van der Waals surface area contributed by atoms with E-state index in [4.69, 9.17) is 28.0 Å². The van der Waals surface area contributed by atoms with Crippen molar-refractivity contribution in [2.24, 2.45) is 11.1 Å². The van der Waals surface area contributed by atoms with Crippen LogP contribution in [0.15, 0.2) is 53.7 Å². The molecule has 2 heterocycles. The van der Waals surface area contributed by atoms with Gasteiger partial charge in [-0.3, -0.25) is 9.59 Å². The van der Waals surface area contributed by atoms with Crippen LogP contribution in [0.1, 0.15) is 5.56 Å². The maximum Gasteiger partial charge on any atom is 0.278 e. The fourth-order valence-electron chi connectivity index (χ4n) is 2.94. The molecule has 2 aliphatic rings. The molecular formula is C17H10Cl2N2O3. The first-order valence-electron chi connectivity index (χ1n) is 7.20. The smallest absolute Gasteiger partial charge is 0.278 e. The maximum absolute atomic E-state index is 12.9. The molecule has 2 aromatic rings. The van der Waals surface area contributed by atoms with Gasteiger partial charge in [-0.2, -0.15) is 0 Å². The summed E-state index contributed by atoms with van der Waals surface area (Å²) in [5.41, 5.74) is 1.36. The van der Waals surface area contributed by atoms with Crippen LogP contribution in [0.3, 0.4) is 0 Å². The van der Waals surface area contributed by atoms with Gasteiger partial charge in [-0.25, -0.2) is 4.90 Å². The van der Waals surface area contributed by atoms with E-state index in [0.29, 0.717) is 27.0 Å². The van der Waals surface area contributed by atoms with Crippen LogP contribution in [-0.4, -0.2) is 23.6 Å². The molecule has 2 atom stereocenters. The number of carbonyl (C=O) groups is 2. The highest BCUT2D eigenvalue weighted by Gasteiger charge is 2.56. The van der Waals surface area contributed by atoms with Crippen molar-refractivity contribution < 1.29 is 14.4 Å². The highest BCUT2D eigenvalue weighted by atomic mass is 35.5. The van der Waals surface area contributed by atoms with Crippen LogP contribution in [-0.2, 0) is 14.4 Å². The number of oxime groups is 1. The second kappa shape index (κ2) is 5.61. The third-order valence-electron chi connectivity index (χ3n) is 4.03. The van der Waals surface area contributed by atoms with E-state index >= 15 is 0 Å². The minimum atomic E-state index is -0.970. The summed E-state index contributed by atoms with van der Waals surface area (Å²) >= 11 is 12.2. The molecule has 0 aromatic heterocycles. The van der Waals surface area contributed by atoms with Crippen LogP contribution in [0.25, 0.3) is 0 Å². The molecule has 24 heavy (non-hydrogen) atoms. The van der Waals surface area contributed by atoms with Crippen molar-refractivity contribution in [3.05, 3.63) is 64.1 Å². The predicted octanol–water partition coefficient (Wildman–Crippen LogP) is 3.29. The molecule has 0 radical (unpaired) electrons. The van der Waals surface area contributed by atoms with Crippen molar-refractivity contribution in [1.82, 2.24) is 0 Å². The Hall–Kier alpha value is -2.37. The van der Waals surface area contributed by atoms with Gasteiger partial charge >= 0.3 is 0 Å². The van der Waals surface area contributed by atoms with Crippen LogP contribution in [0.4, 0.5) is 5.69 Å². The van der Waals surface area contributed by atoms with Gasteiger partial charge in [-0.05, 0) is 24.3 Å². The average Bonchev–Trinajstić information content (AvgIpc) is 3.09. The first-order chi connectivity index (χ1) is 11.6. The van der Waals surface area contributed by atoms with E-state index < -0.39 is 23.8 Å². The van der Waals surface area contributed by atoms with Crippen LogP contribution in [0.5, 0.6) is 0 Å². The Bertz CT molecular complexity index is 897. The molecule has 0 aliphatic carbocycles. The summed E-state index contributed by atoms with van der Waals surface area (Å²) in [7, 11) is 0. The minimum Gasteiger partial charge on any atom is -0.381 e. The van der Waals surface area contributed by atoms with Gasteiger partial charge < -0.3 is 4.84 Å². The second-order valence-corrected chi connectivity index (χ2v) is 6.30. The Morgan fingerprint density at radius 1 is 1.00 bits per heavy atom. The lowest BCUT2D eigenvalue weighted by Gasteiger charge is -2.15. The number of fused-ring (bicyclic) bond motifs is 1. The summed E-state index contributed by atoms with van der Waals surface area (Å²) in [6.45, 7) is 0. The molecule has 1 saturated heterocycles. The molecule has 1 fully saturated rings. The molecule has 2 unspecified atom stereocenters.